The summed E-state index contributed by atoms with van der Waals surface area (Å²) in [5.74, 6) is 0.898. The first-order valence-corrected chi connectivity index (χ1v) is 25.8. The largest absolute Gasteiger partial charge is 0.508 e. The number of nitrogens with one attached hydrogen (secondary N) is 2. The Morgan fingerprint density at radius 3 is 2.35 bits per heavy atom. The molecule has 0 saturated carbocycles. The van der Waals surface area contributed by atoms with E-state index in [0.29, 0.717) is 65.6 Å². The molecular formula is C54H65FN12O6S. The second-order valence-electron chi connectivity index (χ2n) is 19.6. The third-order valence-corrected chi connectivity index (χ3v) is 15.0. The molecule has 2 amide bonds. The number of amides is 2. The number of carbonyl (C=O) groups excluding carboxylic acids is 2. The normalized spacial score (nSPS) is 16.2. The molecule has 0 radical (unpaired) electrons. The summed E-state index contributed by atoms with van der Waals surface area (Å²) < 4.78 is 24.8. The van der Waals surface area contributed by atoms with Gasteiger partial charge in [-0.3, -0.25) is 23.7 Å². The van der Waals surface area contributed by atoms with Crippen LogP contribution in [0.1, 0.15) is 69.1 Å². The molecule has 4 N–H and O–H groups in total. The first-order valence-electron chi connectivity index (χ1n) is 25.4. The number of piperidine rings is 2. The van der Waals surface area contributed by atoms with Crippen LogP contribution in [0.15, 0.2) is 83.8 Å². The predicted octanol–water partition coefficient (Wildman–Crippen LogP) is 7.74. The summed E-state index contributed by atoms with van der Waals surface area (Å²) in [5.41, 5.74) is 5.01. The number of aromatic amines is 1. The summed E-state index contributed by atoms with van der Waals surface area (Å²) in [4.78, 5) is 58.5. The van der Waals surface area contributed by atoms with E-state index in [2.05, 4.69) is 40.1 Å². The number of benzene rings is 4. The lowest BCUT2D eigenvalue weighted by molar-refractivity contribution is -0.138. The molecule has 2 aromatic heterocycles. The molecule has 0 bridgehead atoms. The number of hydrogen-bond acceptors (Lipinski definition) is 15. The number of likely N-dealkylation sites (tertiary alicyclic amines) is 1. The van der Waals surface area contributed by atoms with Crippen LogP contribution in [0.25, 0.3) is 17.1 Å². The fourth-order valence-electron chi connectivity index (χ4n) is 10.4. The van der Waals surface area contributed by atoms with Crippen LogP contribution in [0.5, 0.6) is 17.2 Å². The maximum absolute atomic E-state index is 15.8. The third kappa shape index (κ3) is 11.0. The molecule has 3 aliphatic heterocycles. The first kappa shape index (κ1) is 51.7. The number of piperazine rings is 1. The number of aromatic nitrogens is 5. The van der Waals surface area contributed by atoms with Crippen molar-refractivity contribution in [3.63, 3.8) is 0 Å². The van der Waals surface area contributed by atoms with Crippen molar-refractivity contribution in [1.82, 2.24) is 39.4 Å². The number of nitrogens with zero attached hydrogens (tertiary/aromatic N) is 10. The number of aryl methyl sites for hydroxylation is 1. The summed E-state index contributed by atoms with van der Waals surface area (Å²) in [6.45, 7) is 14.8. The van der Waals surface area contributed by atoms with Crippen molar-refractivity contribution in [3.8, 4) is 34.3 Å². The van der Waals surface area contributed by atoms with E-state index >= 15 is 4.39 Å². The van der Waals surface area contributed by atoms with Gasteiger partial charge in [0.25, 0.3) is 0 Å². The molecule has 20 heteroatoms. The van der Waals surface area contributed by atoms with Crippen molar-refractivity contribution in [2.45, 2.75) is 71.9 Å². The lowest BCUT2D eigenvalue weighted by atomic mass is 9.93. The van der Waals surface area contributed by atoms with E-state index in [4.69, 9.17) is 22.5 Å². The van der Waals surface area contributed by atoms with Gasteiger partial charge in [-0.25, -0.2) is 23.8 Å². The van der Waals surface area contributed by atoms with Gasteiger partial charge in [-0.2, -0.15) is 10.1 Å². The van der Waals surface area contributed by atoms with Gasteiger partial charge in [-0.1, -0.05) is 50.9 Å². The van der Waals surface area contributed by atoms with Gasteiger partial charge in [0.2, 0.25) is 18.3 Å². The highest BCUT2D eigenvalue weighted by Crippen LogP contribution is 2.40. The number of phenols is 2. The Balaban J connectivity index is 0.750. The van der Waals surface area contributed by atoms with Crippen molar-refractivity contribution in [2.75, 3.05) is 85.4 Å². The summed E-state index contributed by atoms with van der Waals surface area (Å²) in [7, 11) is 1.64. The van der Waals surface area contributed by atoms with Crippen molar-refractivity contribution in [2.24, 2.45) is 5.92 Å². The van der Waals surface area contributed by atoms with Gasteiger partial charge in [0.05, 0.1) is 35.4 Å². The fourth-order valence-corrected chi connectivity index (χ4v) is 10.8. The predicted molar refractivity (Wildman–Crippen MR) is 288 cm³/mol. The molecule has 5 heterocycles. The molecule has 6 aromatic rings. The van der Waals surface area contributed by atoms with Gasteiger partial charge < -0.3 is 35.0 Å². The van der Waals surface area contributed by atoms with Gasteiger partial charge in [-0.05, 0) is 93.0 Å². The van der Waals surface area contributed by atoms with Gasteiger partial charge in [0, 0.05) is 101 Å². The van der Waals surface area contributed by atoms with Gasteiger partial charge in [0.15, 0.2) is 11.6 Å². The number of phenolic OH excluding ortho intramolecular Hbond substituents is 2. The Bertz CT molecular complexity index is 3040. The van der Waals surface area contributed by atoms with Crippen LogP contribution < -0.4 is 29.8 Å². The summed E-state index contributed by atoms with van der Waals surface area (Å²) in [6, 6.07) is 21.7. The van der Waals surface area contributed by atoms with Crippen LogP contribution in [0, 0.1) is 18.7 Å². The van der Waals surface area contributed by atoms with Crippen molar-refractivity contribution >= 4 is 59.6 Å². The molecule has 4 aromatic carbocycles. The number of hydrogen-bond donors (Lipinski definition) is 5. The minimum absolute atomic E-state index is 0.0277. The second kappa shape index (κ2) is 22.5. The van der Waals surface area contributed by atoms with E-state index < -0.39 is 11.5 Å². The Hall–Kier alpha value is -7.16. The van der Waals surface area contributed by atoms with Crippen LogP contribution in [0.2, 0.25) is 0 Å². The number of rotatable bonds is 16. The van der Waals surface area contributed by atoms with Crippen LogP contribution in [0.4, 0.5) is 38.9 Å². The Morgan fingerprint density at radius 2 is 1.66 bits per heavy atom. The van der Waals surface area contributed by atoms with Crippen molar-refractivity contribution < 1.29 is 28.9 Å². The number of halogens is 1. The van der Waals surface area contributed by atoms with Crippen LogP contribution in [0.3, 0.4) is 0 Å². The van der Waals surface area contributed by atoms with Crippen molar-refractivity contribution in [3.05, 3.63) is 112 Å². The first-order chi connectivity index (χ1) is 35.7. The van der Waals surface area contributed by atoms with E-state index in [-0.39, 0.29) is 46.3 Å². The molecule has 18 nitrogen and oxygen atoms in total. The molecule has 0 spiro atoms. The van der Waals surface area contributed by atoms with Crippen LogP contribution in [-0.4, -0.2) is 134 Å². The highest BCUT2D eigenvalue weighted by molar-refractivity contribution is 7.82. The maximum Gasteiger partial charge on any atom is 0.348 e. The topological polar surface area (TPSA) is 192 Å². The Labute approximate surface area is 435 Å². The summed E-state index contributed by atoms with van der Waals surface area (Å²) >= 11 is 4.79. The average molecular weight is 1030 g/mol. The minimum Gasteiger partial charge on any atom is -0.508 e. The zero-order valence-corrected chi connectivity index (χ0v) is 43.4. The number of H-pyrrole nitrogens is 1. The van der Waals surface area contributed by atoms with Gasteiger partial charge in [0.1, 0.15) is 28.8 Å². The van der Waals surface area contributed by atoms with Crippen molar-refractivity contribution in [1.29, 1.82) is 0 Å². The lowest BCUT2D eigenvalue weighted by Crippen LogP contribution is -2.54. The fraction of sp³-hybridized carbons (Fsp3) is 0.407. The molecular weight excluding hydrogens is 964 g/mol. The molecule has 3 saturated heterocycles. The number of anilines is 6. The zero-order valence-electron chi connectivity index (χ0n) is 42.5. The lowest BCUT2D eigenvalue weighted by Gasteiger charge is -2.43. The summed E-state index contributed by atoms with van der Waals surface area (Å²) in [5, 5.41) is 30.9. The minimum atomic E-state index is -0.581. The zero-order chi connectivity index (χ0) is 52.2. The number of carbonyl (C=O) groups is 2. The molecule has 3 aliphatic rings. The number of aromatic hydroxyl groups is 2. The van der Waals surface area contributed by atoms with E-state index in [1.54, 1.807) is 35.7 Å². The number of para-hydroxylation sites is 1. The molecule has 390 valence electrons. The molecule has 0 unspecified atom stereocenters. The van der Waals surface area contributed by atoms with E-state index in [9.17, 15) is 24.6 Å². The molecule has 74 heavy (non-hydrogen) atoms. The van der Waals surface area contributed by atoms with Crippen LogP contribution in [-0.2, 0) is 16.1 Å². The second-order valence-corrected chi connectivity index (χ2v) is 20.0. The van der Waals surface area contributed by atoms with Crippen LogP contribution >= 0.6 is 12.8 Å². The molecule has 0 atom stereocenters. The van der Waals surface area contributed by atoms with E-state index in [1.165, 1.54) is 21.6 Å². The van der Waals surface area contributed by atoms with Gasteiger partial charge in [-0.15, -0.1) is 0 Å². The Kier molecular flexibility index (Phi) is 15.8. The highest BCUT2D eigenvalue weighted by Gasteiger charge is 2.34. The van der Waals surface area contributed by atoms with E-state index in [1.807, 2.05) is 70.2 Å². The SMILES string of the molecule is CCOc1cc(N2CCC(C(=O)N3CCC(N4CCN(Cc5ccc(-n6c(-c7cc(C(C)C)c(O)cc7O)n[nH]c6=O)cc5F)CC4)CC3)CC2)ccc1Nc1ncc(N(C)C=O)c(N(S)c2ccccc2C)n1. The van der Waals surface area contributed by atoms with Gasteiger partial charge >= 0.3 is 5.69 Å². The smallest absolute Gasteiger partial charge is 0.348 e. The highest BCUT2D eigenvalue weighted by atomic mass is 32.1. The summed E-state index contributed by atoms with van der Waals surface area (Å²) in [6.07, 6.45) is 5.66. The maximum atomic E-state index is 15.8. The average Bonchev–Trinajstić information content (AvgIpc) is 3.80. The monoisotopic (exact) mass is 1030 g/mol. The molecule has 0 aliphatic carbocycles. The molecule has 9 rings (SSSR count). The quantitative estimate of drug-likeness (QED) is 0.0467. The number of thiol groups is 1. The molecule has 3 fully saturated rings. The number of ether oxygens (including phenoxy) is 1. The standard InChI is InChI=1S/C54H65FN12O6S/c1-6-73-49-28-39(13-14-44(49)57-53-56-31-46(61(5)33-68)51(58-53)67(74)45-10-8-7-9-35(45)4)63-19-15-36(16-20-63)52(71)65-21-17-38(18-22-65)64-25-23-62(24-26-64)32-37-11-12-40(27-43(37)55)66-50(59-60-54(66)72)42-29-41(34(2)3)47(69)30-48(42)70/h7-14,27-31,33-34,36,38,69-70,74H,6,15-26,32H2,1-5H3,(H,60,72)(H,56,57,58). The third-order valence-electron chi connectivity index (χ3n) is 14.6. The van der Waals surface area contributed by atoms with E-state index in [0.717, 1.165) is 95.0 Å². The Morgan fingerprint density at radius 1 is 0.932 bits per heavy atom.